The van der Waals surface area contributed by atoms with Crippen LogP contribution in [0.15, 0.2) is 0 Å². The van der Waals surface area contributed by atoms with Crippen LogP contribution in [0, 0.1) is 5.92 Å². The van der Waals surface area contributed by atoms with Gasteiger partial charge in [0, 0.05) is 6.42 Å². The molecule has 0 fully saturated rings. The smallest absolute Gasteiger partial charge is 0.326 e. The van der Waals surface area contributed by atoms with E-state index in [1.807, 2.05) is 5.32 Å². The first kappa shape index (κ1) is 30.2. The van der Waals surface area contributed by atoms with Gasteiger partial charge in [-0.1, -0.05) is 20.3 Å². The molecular formula is C19H31N5O10. The molecule has 4 amide bonds. The molecular weight excluding hydrogens is 458 g/mol. The summed E-state index contributed by atoms with van der Waals surface area (Å²) in [5, 5.41) is 33.3. The van der Waals surface area contributed by atoms with E-state index in [1.165, 1.54) is 0 Å². The Hall–Kier alpha value is -3.75. The lowest BCUT2D eigenvalue weighted by atomic mass is 9.99. The van der Waals surface area contributed by atoms with Gasteiger partial charge in [0.15, 0.2) is 0 Å². The van der Waals surface area contributed by atoms with Gasteiger partial charge in [-0.25, -0.2) is 4.79 Å². The number of aliphatic carboxylic acids is 3. The monoisotopic (exact) mass is 489 g/mol. The van der Waals surface area contributed by atoms with Crippen molar-refractivity contribution in [3.8, 4) is 0 Å². The van der Waals surface area contributed by atoms with Gasteiger partial charge in [-0.3, -0.25) is 28.8 Å². The topological polar surface area (TPSA) is 268 Å². The SMILES string of the molecule is CCC(C)C(N)C(=O)NC(CC(=O)O)C(=O)NC(CCC(N)=O)C(=O)NC(CC(=O)O)C(=O)O. The molecule has 0 saturated carbocycles. The van der Waals surface area contributed by atoms with E-state index in [-0.39, 0.29) is 5.92 Å². The highest BCUT2D eigenvalue weighted by Gasteiger charge is 2.32. The molecule has 0 heterocycles. The molecule has 5 unspecified atom stereocenters. The maximum atomic E-state index is 12.7. The number of carbonyl (C=O) groups excluding carboxylic acids is 4. The Morgan fingerprint density at radius 2 is 1.21 bits per heavy atom. The quantitative estimate of drug-likeness (QED) is 0.109. The molecule has 0 saturated heterocycles. The molecule has 0 radical (unpaired) electrons. The zero-order valence-electron chi connectivity index (χ0n) is 18.8. The second-order valence-electron chi connectivity index (χ2n) is 7.63. The summed E-state index contributed by atoms with van der Waals surface area (Å²) in [6.45, 7) is 3.45. The van der Waals surface area contributed by atoms with Crippen molar-refractivity contribution in [2.75, 3.05) is 0 Å². The van der Waals surface area contributed by atoms with Crippen LogP contribution in [0.1, 0.15) is 46.0 Å². The lowest BCUT2D eigenvalue weighted by Gasteiger charge is -2.25. The van der Waals surface area contributed by atoms with Gasteiger partial charge in [0.25, 0.3) is 0 Å². The first-order valence-electron chi connectivity index (χ1n) is 10.3. The highest BCUT2D eigenvalue weighted by atomic mass is 16.4. The summed E-state index contributed by atoms with van der Waals surface area (Å²) in [6.07, 6.45) is -2.15. The fourth-order valence-corrected chi connectivity index (χ4v) is 2.64. The predicted octanol–water partition coefficient (Wildman–Crippen LogP) is -2.89. The van der Waals surface area contributed by atoms with Crippen LogP contribution in [0.2, 0.25) is 0 Å². The molecule has 0 aromatic carbocycles. The Morgan fingerprint density at radius 3 is 1.65 bits per heavy atom. The fourth-order valence-electron chi connectivity index (χ4n) is 2.64. The standard InChI is InChI=1S/C19H31N5O10/c1-3-8(2)15(21)18(32)23-10(6-13(26)27)17(31)22-9(4-5-12(20)25)16(30)24-11(19(33)34)7-14(28)29/h8-11,15H,3-7,21H2,1-2H3,(H2,20,25)(H,22,31)(H,23,32)(H,24,30)(H,26,27)(H,28,29)(H,33,34). The van der Waals surface area contributed by atoms with Gasteiger partial charge in [-0.05, 0) is 12.3 Å². The molecule has 0 bridgehead atoms. The molecule has 0 spiro atoms. The highest BCUT2D eigenvalue weighted by Crippen LogP contribution is 2.07. The number of hydrogen-bond acceptors (Lipinski definition) is 8. The molecule has 0 aliphatic heterocycles. The van der Waals surface area contributed by atoms with Crippen molar-refractivity contribution < 1.29 is 48.9 Å². The highest BCUT2D eigenvalue weighted by molar-refractivity contribution is 5.96. The number of amides is 4. The van der Waals surface area contributed by atoms with E-state index in [9.17, 15) is 33.6 Å². The third-order valence-corrected chi connectivity index (χ3v) is 4.88. The fraction of sp³-hybridized carbons (Fsp3) is 0.632. The molecule has 192 valence electrons. The lowest BCUT2D eigenvalue weighted by Crippen LogP contribution is -2.58. The minimum atomic E-state index is -1.85. The van der Waals surface area contributed by atoms with Crippen molar-refractivity contribution in [3.05, 3.63) is 0 Å². The number of carboxylic acid groups (broad SMARTS) is 3. The van der Waals surface area contributed by atoms with Gasteiger partial charge in [0.1, 0.15) is 18.1 Å². The summed E-state index contributed by atoms with van der Waals surface area (Å²) in [4.78, 5) is 81.9. The van der Waals surface area contributed by atoms with E-state index in [0.717, 1.165) is 0 Å². The Morgan fingerprint density at radius 1 is 0.765 bits per heavy atom. The van der Waals surface area contributed by atoms with Crippen LogP contribution in [0.25, 0.3) is 0 Å². The molecule has 34 heavy (non-hydrogen) atoms. The van der Waals surface area contributed by atoms with Crippen LogP contribution in [0.3, 0.4) is 0 Å². The number of nitrogens with two attached hydrogens (primary N) is 2. The summed E-state index contributed by atoms with van der Waals surface area (Å²) < 4.78 is 0. The van der Waals surface area contributed by atoms with Crippen LogP contribution in [0.5, 0.6) is 0 Å². The third-order valence-electron chi connectivity index (χ3n) is 4.88. The van der Waals surface area contributed by atoms with Crippen LogP contribution in [0.4, 0.5) is 0 Å². The minimum absolute atomic E-state index is 0.287. The van der Waals surface area contributed by atoms with Gasteiger partial charge < -0.3 is 42.7 Å². The molecule has 0 rings (SSSR count). The van der Waals surface area contributed by atoms with Crippen molar-refractivity contribution in [1.82, 2.24) is 16.0 Å². The predicted molar refractivity (Wildman–Crippen MR) is 114 cm³/mol. The van der Waals surface area contributed by atoms with Crippen molar-refractivity contribution >= 4 is 41.5 Å². The normalized spacial score (nSPS) is 15.0. The van der Waals surface area contributed by atoms with E-state index < -0.39 is 91.4 Å². The Balaban J connectivity index is 5.65. The van der Waals surface area contributed by atoms with Crippen LogP contribution in [-0.2, 0) is 33.6 Å². The Bertz CT molecular complexity index is 802. The molecule has 15 nitrogen and oxygen atoms in total. The molecule has 0 aromatic heterocycles. The van der Waals surface area contributed by atoms with E-state index in [0.29, 0.717) is 6.42 Å². The summed E-state index contributed by atoms with van der Waals surface area (Å²) in [7, 11) is 0. The van der Waals surface area contributed by atoms with Crippen molar-refractivity contribution in [2.45, 2.75) is 70.1 Å². The maximum absolute atomic E-state index is 12.7. The van der Waals surface area contributed by atoms with Crippen molar-refractivity contribution in [3.63, 3.8) is 0 Å². The number of carbonyl (C=O) groups is 7. The lowest BCUT2D eigenvalue weighted by molar-refractivity contribution is -0.147. The van der Waals surface area contributed by atoms with E-state index >= 15 is 0 Å². The van der Waals surface area contributed by atoms with Crippen molar-refractivity contribution in [1.29, 1.82) is 0 Å². The van der Waals surface area contributed by atoms with Gasteiger partial charge >= 0.3 is 17.9 Å². The van der Waals surface area contributed by atoms with E-state index in [2.05, 4.69) is 10.6 Å². The first-order valence-corrected chi connectivity index (χ1v) is 10.3. The Kier molecular flexibility index (Phi) is 12.8. The average Bonchev–Trinajstić information content (AvgIpc) is 2.73. The van der Waals surface area contributed by atoms with Gasteiger partial charge in [-0.15, -0.1) is 0 Å². The second kappa shape index (κ2) is 14.4. The van der Waals surface area contributed by atoms with Gasteiger partial charge in [-0.2, -0.15) is 0 Å². The number of carboxylic acids is 3. The number of hydrogen-bond donors (Lipinski definition) is 8. The van der Waals surface area contributed by atoms with Gasteiger partial charge in [0.05, 0.1) is 18.9 Å². The number of primary amides is 1. The molecule has 10 N–H and O–H groups in total. The summed E-state index contributed by atoms with van der Waals surface area (Å²) in [6, 6.07) is -6.14. The van der Waals surface area contributed by atoms with Crippen LogP contribution in [-0.4, -0.2) is 81.0 Å². The number of nitrogens with one attached hydrogen (secondary N) is 3. The van der Waals surface area contributed by atoms with E-state index in [4.69, 9.17) is 26.8 Å². The first-order chi connectivity index (χ1) is 15.7. The van der Waals surface area contributed by atoms with Crippen LogP contribution >= 0.6 is 0 Å². The molecule has 0 aliphatic carbocycles. The summed E-state index contributed by atoms with van der Waals surface area (Å²) >= 11 is 0. The maximum Gasteiger partial charge on any atom is 0.326 e. The molecule has 0 aromatic rings. The van der Waals surface area contributed by atoms with Gasteiger partial charge in [0.2, 0.25) is 23.6 Å². The largest absolute Gasteiger partial charge is 0.481 e. The summed E-state index contributed by atoms with van der Waals surface area (Å²) in [5.41, 5.74) is 10.8. The Labute approximate surface area is 194 Å². The number of rotatable bonds is 16. The minimum Gasteiger partial charge on any atom is -0.481 e. The molecule has 15 heteroatoms. The second-order valence-corrected chi connectivity index (χ2v) is 7.63. The molecule has 5 atom stereocenters. The third kappa shape index (κ3) is 11.2. The average molecular weight is 489 g/mol. The summed E-state index contributed by atoms with van der Waals surface area (Å²) in [5.74, 6) is -8.86. The van der Waals surface area contributed by atoms with Crippen molar-refractivity contribution in [2.24, 2.45) is 17.4 Å². The van der Waals surface area contributed by atoms with Crippen LogP contribution < -0.4 is 27.4 Å². The molecule has 0 aliphatic rings. The zero-order chi connectivity index (χ0) is 26.6. The van der Waals surface area contributed by atoms with E-state index in [1.54, 1.807) is 13.8 Å². The zero-order valence-corrected chi connectivity index (χ0v) is 18.8.